The molecule has 0 aliphatic carbocycles. The number of amides is 4. The summed E-state index contributed by atoms with van der Waals surface area (Å²) >= 11 is 0. The number of nitrogens with zero attached hydrogens (tertiary/aromatic N) is 1. The maximum Gasteiger partial charge on any atom is 0.324 e. The molecule has 3 aromatic rings. The summed E-state index contributed by atoms with van der Waals surface area (Å²) in [5, 5.41) is 16.0. The molecule has 1 aromatic heterocycles. The number of para-hydroxylation sites is 1. The first-order chi connectivity index (χ1) is 15.5. The van der Waals surface area contributed by atoms with E-state index in [0.717, 1.165) is 26.9 Å². The Morgan fingerprint density at radius 1 is 1.09 bits per heavy atom. The zero-order valence-corrected chi connectivity index (χ0v) is 17.6. The van der Waals surface area contributed by atoms with Gasteiger partial charge in [-0.1, -0.05) is 48.5 Å². The van der Waals surface area contributed by atoms with Gasteiger partial charge in [-0.25, -0.2) is 4.79 Å². The summed E-state index contributed by atoms with van der Waals surface area (Å²) in [5.41, 5.74) is 3.01. The van der Waals surface area contributed by atoms with Crippen molar-refractivity contribution in [2.45, 2.75) is 31.3 Å². The number of benzene rings is 2. The first-order valence-corrected chi connectivity index (χ1v) is 10.7. The molecule has 1 saturated heterocycles. The molecule has 32 heavy (non-hydrogen) atoms. The molecule has 1 fully saturated rings. The predicted octanol–water partition coefficient (Wildman–Crippen LogP) is 1.74. The second-order valence-electron chi connectivity index (χ2n) is 7.94. The molecule has 2 heterocycles. The van der Waals surface area contributed by atoms with Crippen LogP contribution in [0.3, 0.4) is 0 Å². The molecule has 2 aromatic carbocycles. The molecular weight excluding hydrogens is 408 g/mol. The minimum absolute atomic E-state index is 0.167. The molecule has 0 spiro atoms. The third-order valence-electron chi connectivity index (χ3n) is 5.69. The molecule has 0 radical (unpaired) electrons. The van der Waals surface area contributed by atoms with E-state index in [1.165, 1.54) is 0 Å². The van der Waals surface area contributed by atoms with Crippen LogP contribution in [0.5, 0.6) is 0 Å². The number of aromatic amines is 1. The number of urea groups is 1. The van der Waals surface area contributed by atoms with Crippen molar-refractivity contribution >= 4 is 28.7 Å². The Bertz CT molecular complexity index is 1110. The van der Waals surface area contributed by atoms with Crippen LogP contribution in [-0.4, -0.2) is 58.1 Å². The van der Waals surface area contributed by atoms with Gasteiger partial charge < -0.3 is 20.7 Å². The summed E-state index contributed by atoms with van der Waals surface area (Å²) in [5.74, 6) is -0.800. The lowest BCUT2D eigenvalue weighted by Gasteiger charge is -2.17. The number of aromatic nitrogens is 1. The normalized spacial score (nSPS) is 16.9. The fourth-order valence-corrected chi connectivity index (χ4v) is 4.03. The fraction of sp³-hybridized carbons (Fsp3) is 0.292. The number of aliphatic hydroxyl groups is 1. The summed E-state index contributed by atoms with van der Waals surface area (Å²) in [6, 6.07) is 15.5. The van der Waals surface area contributed by atoms with E-state index in [9.17, 15) is 19.5 Å². The second kappa shape index (κ2) is 9.65. The number of nitrogens with one attached hydrogen (secondary N) is 3. The van der Waals surface area contributed by atoms with Gasteiger partial charge >= 0.3 is 6.03 Å². The molecule has 8 nitrogen and oxygen atoms in total. The van der Waals surface area contributed by atoms with E-state index in [1.807, 2.05) is 60.8 Å². The van der Waals surface area contributed by atoms with Crippen molar-refractivity contribution in [3.8, 4) is 0 Å². The minimum atomic E-state index is -0.901. The van der Waals surface area contributed by atoms with Gasteiger partial charge in [0.15, 0.2) is 0 Å². The van der Waals surface area contributed by atoms with Crippen LogP contribution in [0.4, 0.5) is 4.79 Å². The van der Waals surface area contributed by atoms with Gasteiger partial charge in [-0.3, -0.25) is 14.5 Å². The second-order valence-corrected chi connectivity index (χ2v) is 7.94. The highest BCUT2D eigenvalue weighted by atomic mass is 16.3. The third-order valence-corrected chi connectivity index (χ3v) is 5.69. The summed E-state index contributed by atoms with van der Waals surface area (Å²) in [6.07, 6.45) is 2.71. The van der Waals surface area contributed by atoms with Crippen LogP contribution < -0.4 is 10.6 Å². The zero-order chi connectivity index (χ0) is 22.5. The lowest BCUT2D eigenvalue weighted by atomic mass is 10.1. The van der Waals surface area contributed by atoms with Gasteiger partial charge in [0.1, 0.15) is 6.04 Å². The maximum absolute atomic E-state index is 12.7. The molecule has 2 atom stereocenters. The number of hydrogen-bond donors (Lipinski definition) is 4. The average Bonchev–Trinajstić information content (AvgIpc) is 3.33. The van der Waals surface area contributed by atoms with E-state index >= 15 is 0 Å². The van der Waals surface area contributed by atoms with Crippen LogP contribution >= 0.6 is 0 Å². The lowest BCUT2D eigenvalue weighted by molar-refractivity contribution is -0.131. The van der Waals surface area contributed by atoms with Gasteiger partial charge in [0.2, 0.25) is 5.91 Å². The van der Waals surface area contributed by atoms with Crippen LogP contribution in [0.15, 0.2) is 60.8 Å². The van der Waals surface area contributed by atoms with Crippen LogP contribution in [0.2, 0.25) is 0 Å². The third kappa shape index (κ3) is 4.81. The summed E-state index contributed by atoms with van der Waals surface area (Å²) < 4.78 is 0. The van der Waals surface area contributed by atoms with Gasteiger partial charge in [-0.15, -0.1) is 0 Å². The number of carbonyl (C=O) groups is 3. The van der Waals surface area contributed by atoms with Crippen molar-refractivity contribution in [3.63, 3.8) is 0 Å². The van der Waals surface area contributed by atoms with Gasteiger partial charge in [-0.05, 0) is 30.0 Å². The standard InChI is InChI=1S/C24H26N4O4/c29-15-18(12-16-6-2-1-3-7-16)26-22(30)13-21-23(31)28(24(32)27-21)11-10-17-14-25-20-9-5-4-8-19(17)20/h1-9,14,18,21,25,29H,10-13,15H2,(H,26,30)(H,27,32). The quantitative estimate of drug-likeness (QED) is 0.384. The van der Waals surface area contributed by atoms with Crippen LogP contribution in [0.25, 0.3) is 10.9 Å². The topological polar surface area (TPSA) is 115 Å². The SMILES string of the molecule is O=C(CC1NC(=O)N(CCc2c[nH]c3ccccc23)C1=O)NC(CO)Cc1ccccc1. The molecule has 1 aliphatic heterocycles. The lowest BCUT2D eigenvalue weighted by Crippen LogP contribution is -2.43. The van der Waals surface area contributed by atoms with E-state index in [4.69, 9.17) is 0 Å². The summed E-state index contributed by atoms with van der Waals surface area (Å²) in [7, 11) is 0. The average molecular weight is 434 g/mol. The highest BCUT2D eigenvalue weighted by molar-refractivity contribution is 6.05. The van der Waals surface area contributed by atoms with Crippen molar-refractivity contribution < 1.29 is 19.5 Å². The Morgan fingerprint density at radius 2 is 1.84 bits per heavy atom. The van der Waals surface area contributed by atoms with E-state index in [2.05, 4.69) is 15.6 Å². The Hall–Kier alpha value is -3.65. The number of H-pyrrole nitrogens is 1. The number of imide groups is 1. The van der Waals surface area contributed by atoms with Gasteiger partial charge in [-0.2, -0.15) is 0 Å². The molecule has 4 amide bonds. The fourth-order valence-electron chi connectivity index (χ4n) is 4.03. The van der Waals surface area contributed by atoms with Crippen LogP contribution in [-0.2, 0) is 22.4 Å². The monoisotopic (exact) mass is 434 g/mol. The van der Waals surface area contributed by atoms with Crippen molar-refractivity contribution in [1.82, 2.24) is 20.5 Å². The highest BCUT2D eigenvalue weighted by Gasteiger charge is 2.39. The molecule has 4 rings (SSSR count). The van der Waals surface area contributed by atoms with Gasteiger partial charge in [0.05, 0.1) is 19.1 Å². The Balaban J connectivity index is 1.31. The van der Waals surface area contributed by atoms with Gasteiger partial charge in [0, 0.05) is 23.6 Å². The minimum Gasteiger partial charge on any atom is -0.394 e. The molecule has 166 valence electrons. The molecule has 1 aliphatic rings. The summed E-state index contributed by atoms with van der Waals surface area (Å²) in [4.78, 5) is 41.9. The van der Waals surface area contributed by atoms with E-state index in [-0.39, 0.29) is 19.6 Å². The largest absolute Gasteiger partial charge is 0.394 e. The number of carbonyl (C=O) groups excluding carboxylic acids is 3. The van der Waals surface area contributed by atoms with Crippen molar-refractivity contribution in [2.24, 2.45) is 0 Å². The maximum atomic E-state index is 12.7. The van der Waals surface area contributed by atoms with E-state index in [0.29, 0.717) is 12.8 Å². The molecule has 0 bridgehead atoms. The molecule has 8 heteroatoms. The van der Waals surface area contributed by atoms with Gasteiger partial charge in [0.25, 0.3) is 5.91 Å². The van der Waals surface area contributed by atoms with Crippen molar-refractivity contribution in [1.29, 1.82) is 0 Å². The molecule has 4 N–H and O–H groups in total. The summed E-state index contributed by atoms with van der Waals surface area (Å²) in [6.45, 7) is 0.0141. The van der Waals surface area contributed by atoms with Crippen molar-refractivity contribution in [3.05, 3.63) is 71.9 Å². The zero-order valence-electron chi connectivity index (χ0n) is 17.6. The molecule has 0 saturated carbocycles. The van der Waals surface area contributed by atoms with Crippen molar-refractivity contribution in [2.75, 3.05) is 13.2 Å². The van der Waals surface area contributed by atoms with Crippen LogP contribution in [0.1, 0.15) is 17.5 Å². The highest BCUT2D eigenvalue weighted by Crippen LogP contribution is 2.19. The predicted molar refractivity (Wildman–Crippen MR) is 120 cm³/mol. The van der Waals surface area contributed by atoms with E-state index < -0.39 is 29.9 Å². The number of aliphatic hydroxyl groups excluding tert-OH is 1. The van der Waals surface area contributed by atoms with E-state index in [1.54, 1.807) is 0 Å². The first kappa shape index (κ1) is 21.6. The number of hydrogen-bond acceptors (Lipinski definition) is 4. The smallest absolute Gasteiger partial charge is 0.324 e. The Kier molecular flexibility index (Phi) is 6.51. The molecular formula is C24H26N4O4. The Morgan fingerprint density at radius 3 is 2.62 bits per heavy atom. The number of rotatable bonds is 9. The number of fused-ring (bicyclic) bond motifs is 1. The van der Waals surface area contributed by atoms with Crippen LogP contribution in [0, 0.1) is 0 Å². The first-order valence-electron chi connectivity index (χ1n) is 10.7. The molecule has 2 unspecified atom stereocenters. The Labute approximate surface area is 185 Å².